The molecule has 0 unspecified atom stereocenters. The first kappa shape index (κ1) is 10.8. The summed E-state index contributed by atoms with van der Waals surface area (Å²) < 4.78 is 0. The van der Waals surface area contributed by atoms with Gasteiger partial charge >= 0.3 is 0 Å². The normalized spacial score (nSPS) is 10.9. The molecular weight excluding hydrogens is 220 g/mol. The molecule has 0 N–H and O–H groups in total. The maximum absolute atomic E-state index is 5.79. The number of pyridine rings is 1. The molecule has 0 aliphatic rings. The maximum Gasteiger partial charge on any atom is 0.151 e. The zero-order chi connectivity index (χ0) is 11.4. The van der Waals surface area contributed by atoms with Crippen molar-refractivity contribution in [2.75, 3.05) is 0 Å². The summed E-state index contributed by atoms with van der Waals surface area (Å²) in [4.78, 5) is 8.44. The minimum absolute atomic E-state index is 0.718. The van der Waals surface area contributed by atoms with Crippen LogP contribution in [0.4, 0.5) is 5.82 Å². The number of aliphatic imine (C=N–C) groups is 1. The summed E-state index contributed by atoms with van der Waals surface area (Å²) in [5.41, 5.74) is 2.16. The second-order valence-electron chi connectivity index (χ2n) is 3.50. The Morgan fingerprint density at radius 1 is 1.19 bits per heavy atom. The molecule has 0 fully saturated rings. The summed E-state index contributed by atoms with van der Waals surface area (Å²) in [7, 11) is 0. The quantitative estimate of drug-likeness (QED) is 0.721. The molecule has 1 aromatic heterocycles. The van der Waals surface area contributed by atoms with Crippen molar-refractivity contribution in [3.05, 3.63) is 58.7 Å². The lowest BCUT2D eigenvalue weighted by Gasteiger charge is -1.95. The highest BCUT2D eigenvalue weighted by atomic mass is 35.5. The molecule has 2 aromatic rings. The van der Waals surface area contributed by atoms with Gasteiger partial charge in [0.2, 0.25) is 0 Å². The zero-order valence-electron chi connectivity index (χ0n) is 8.89. The van der Waals surface area contributed by atoms with Crippen molar-refractivity contribution in [1.82, 2.24) is 4.98 Å². The van der Waals surface area contributed by atoms with E-state index in [4.69, 9.17) is 11.6 Å². The Morgan fingerprint density at radius 2 is 1.94 bits per heavy atom. The lowest BCUT2D eigenvalue weighted by molar-refractivity contribution is 1.25. The van der Waals surface area contributed by atoms with E-state index in [0.29, 0.717) is 0 Å². The SMILES string of the molecule is Cc1ccnc(N=Cc2ccc(Cl)cc2)c1. The van der Waals surface area contributed by atoms with Crippen LogP contribution in [0.1, 0.15) is 11.1 Å². The number of aromatic nitrogens is 1. The van der Waals surface area contributed by atoms with Gasteiger partial charge in [-0.1, -0.05) is 23.7 Å². The zero-order valence-corrected chi connectivity index (χ0v) is 9.65. The fraction of sp³-hybridized carbons (Fsp3) is 0.0769. The van der Waals surface area contributed by atoms with Crippen LogP contribution in [0.3, 0.4) is 0 Å². The molecule has 0 aliphatic carbocycles. The van der Waals surface area contributed by atoms with Gasteiger partial charge < -0.3 is 0 Å². The van der Waals surface area contributed by atoms with E-state index in [1.54, 1.807) is 12.4 Å². The van der Waals surface area contributed by atoms with Crippen LogP contribution in [0.2, 0.25) is 5.02 Å². The average molecular weight is 231 g/mol. The third kappa shape index (κ3) is 2.91. The molecule has 3 heteroatoms. The fourth-order valence-corrected chi connectivity index (χ4v) is 1.41. The second kappa shape index (κ2) is 4.90. The first-order valence-corrected chi connectivity index (χ1v) is 5.34. The van der Waals surface area contributed by atoms with Crippen LogP contribution in [-0.2, 0) is 0 Å². The van der Waals surface area contributed by atoms with Gasteiger partial charge in [0.1, 0.15) is 0 Å². The minimum atomic E-state index is 0.718. The molecule has 0 radical (unpaired) electrons. The predicted molar refractivity (Wildman–Crippen MR) is 67.7 cm³/mol. The highest BCUT2D eigenvalue weighted by molar-refractivity contribution is 6.30. The molecule has 0 saturated heterocycles. The van der Waals surface area contributed by atoms with E-state index < -0.39 is 0 Å². The highest BCUT2D eigenvalue weighted by Crippen LogP contribution is 2.11. The molecule has 0 bridgehead atoms. The summed E-state index contributed by atoms with van der Waals surface area (Å²) in [6, 6.07) is 11.4. The van der Waals surface area contributed by atoms with Crippen molar-refractivity contribution < 1.29 is 0 Å². The van der Waals surface area contributed by atoms with E-state index in [-0.39, 0.29) is 0 Å². The largest absolute Gasteiger partial charge is 0.237 e. The van der Waals surface area contributed by atoms with Crippen molar-refractivity contribution in [3.63, 3.8) is 0 Å². The topological polar surface area (TPSA) is 25.2 Å². The Morgan fingerprint density at radius 3 is 2.62 bits per heavy atom. The van der Waals surface area contributed by atoms with Gasteiger partial charge in [-0.15, -0.1) is 0 Å². The number of nitrogens with zero attached hydrogens (tertiary/aromatic N) is 2. The van der Waals surface area contributed by atoms with E-state index in [1.165, 1.54) is 0 Å². The molecule has 2 nitrogen and oxygen atoms in total. The van der Waals surface area contributed by atoms with E-state index in [0.717, 1.165) is 22.0 Å². The number of benzene rings is 1. The van der Waals surface area contributed by atoms with Gasteiger partial charge in [0.15, 0.2) is 5.82 Å². The third-order valence-corrected chi connectivity index (χ3v) is 2.37. The van der Waals surface area contributed by atoms with Crippen molar-refractivity contribution >= 4 is 23.6 Å². The summed E-state index contributed by atoms with van der Waals surface area (Å²) in [5, 5.41) is 0.728. The Hall–Kier alpha value is -1.67. The van der Waals surface area contributed by atoms with Crippen LogP contribution < -0.4 is 0 Å². The molecule has 0 atom stereocenters. The van der Waals surface area contributed by atoms with Gasteiger partial charge in [-0.3, -0.25) is 0 Å². The van der Waals surface area contributed by atoms with Gasteiger partial charge in [0.05, 0.1) is 0 Å². The summed E-state index contributed by atoms with van der Waals surface area (Å²) in [6.07, 6.45) is 3.53. The lowest BCUT2D eigenvalue weighted by atomic mass is 10.2. The van der Waals surface area contributed by atoms with Crippen molar-refractivity contribution in [3.8, 4) is 0 Å². The first-order valence-electron chi connectivity index (χ1n) is 4.96. The van der Waals surface area contributed by atoms with E-state index in [1.807, 2.05) is 43.3 Å². The number of hydrogen-bond donors (Lipinski definition) is 0. The smallest absolute Gasteiger partial charge is 0.151 e. The van der Waals surface area contributed by atoms with Gasteiger partial charge in [-0.25, -0.2) is 9.98 Å². The number of hydrogen-bond acceptors (Lipinski definition) is 2. The standard InChI is InChI=1S/C13H11ClN2/c1-10-6-7-15-13(8-10)16-9-11-2-4-12(14)5-3-11/h2-9H,1H3. The minimum Gasteiger partial charge on any atom is -0.237 e. The summed E-state index contributed by atoms with van der Waals surface area (Å²) >= 11 is 5.79. The van der Waals surface area contributed by atoms with E-state index in [2.05, 4.69) is 9.98 Å². The number of rotatable bonds is 2. The van der Waals surface area contributed by atoms with E-state index in [9.17, 15) is 0 Å². The van der Waals surface area contributed by atoms with Gasteiger partial charge in [0, 0.05) is 17.4 Å². The average Bonchev–Trinajstić information content (AvgIpc) is 2.28. The third-order valence-electron chi connectivity index (χ3n) is 2.12. The van der Waals surface area contributed by atoms with Crippen molar-refractivity contribution in [2.24, 2.45) is 4.99 Å². The molecule has 16 heavy (non-hydrogen) atoms. The van der Waals surface area contributed by atoms with Crippen LogP contribution >= 0.6 is 11.6 Å². The van der Waals surface area contributed by atoms with E-state index >= 15 is 0 Å². The van der Waals surface area contributed by atoms with Gasteiger partial charge in [-0.05, 0) is 42.3 Å². The van der Waals surface area contributed by atoms with Crippen LogP contribution in [0.5, 0.6) is 0 Å². The molecule has 0 spiro atoms. The van der Waals surface area contributed by atoms with Crippen LogP contribution in [0.15, 0.2) is 47.6 Å². The Labute approximate surface area is 99.6 Å². The first-order chi connectivity index (χ1) is 7.74. The van der Waals surface area contributed by atoms with Crippen molar-refractivity contribution in [1.29, 1.82) is 0 Å². The molecule has 1 heterocycles. The molecule has 0 aliphatic heterocycles. The maximum atomic E-state index is 5.79. The number of halogens is 1. The predicted octanol–water partition coefficient (Wildman–Crippen LogP) is 3.79. The highest BCUT2D eigenvalue weighted by Gasteiger charge is 1.91. The molecule has 80 valence electrons. The molecule has 0 saturated carbocycles. The van der Waals surface area contributed by atoms with Crippen LogP contribution in [-0.4, -0.2) is 11.2 Å². The van der Waals surface area contributed by atoms with Gasteiger partial charge in [-0.2, -0.15) is 0 Å². The second-order valence-corrected chi connectivity index (χ2v) is 3.94. The summed E-state index contributed by atoms with van der Waals surface area (Å²) in [6.45, 7) is 2.02. The Balaban J connectivity index is 2.18. The van der Waals surface area contributed by atoms with Gasteiger partial charge in [0.25, 0.3) is 0 Å². The molecular formula is C13H11ClN2. The monoisotopic (exact) mass is 230 g/mol. The molecule has 1 aromatic carbocycles. The lowest BCUT2D eigenvalue weighted by Crippen LogP contribution is -1.81. The Bertz CT molecular complexity index is 504. The fourth-order valence-electron chi connectivity index (χ4n) is 1.28. The molecule has 2 rings (SSSR count). The van der Waals surface area contributed by atoms with Crippen LogP contribution in [0, 0.1) is 6.92 Å². The summed E-state index contributed by atoms with van der Waals surface area (Å²) in [5.74, 6) is 0.718. The number of aryl methyl sites for hydroxylation is 1. The van der Waals surface area contributed by atoms with Crippen LogP contribution in [0.25, 0.3) is 0 Å². The Kier molecular flexibility index (Phi) is 3.32. The van der Waals surface area contributed by atoms with Crippen molar-refractivity contribution in [2.45, 2.75) is 6.92 Å². The molecule has 0 amide bonds.